The first-order valence-electron chi connectivity index (χ1n) is 11.3. The molecule has 0 bridgehead atoms. The van der Waals surface area contributed by atoms with E-state index in [-0.39, 0.29) is 0 Å². The van der Waals surface area contributed by atoms with Crippen molar-refractivity contribution in [2.45, 2.75) is 77.7 Å². The van der Waals surface area contributed by atoms with Crippen LogP contribution in [0.4, 0.5) is 11.8 Å². The second-order valence-corrected chi connectivity index (χ2v) is 9.19. The summed E-state index contributed by atoms with van der Waals surface area (Å²) >= 11 is 0. The van der Waals surface area contributed by atoms with Crippen LogP contribution in [0.2, 0.25) is 0 Å². The summed E-state index contributed by atoms with van der Waals surface area (Å²) in [6.07, 6.45) is 11.3. The van der Waals surface area contributed by atoms with E-state index in [1.807, 2.05) is 0 Å². The van der Waals surface area contributed by atoms with Gasteiger partial charge in [-0.05, 0) is 57.4 Å². The lowest BCUT2D eigenvalue weighted by Crippen LogP contribution is -2.43. The number of fused-ring (bicyclic) bond motifs is 1. The lowest BCUT2D eigenvalue weighted by molar-refractivity contribution is 0.195. The highest BCUT2D eigenvalue weighted by molar-refractivity contribution is 5.54. The zero-order valence-electron chi connectivity index (χ0n) is 17.3. The van der Waals surface area contributed by atoms with Gasteiger partial charge in [0, 0.05) is 37.8 Å². The van der Waals surface area contributed by atoms with Gasteiger partial charge in [0.15, 0.2) is 0 Å². The molecule has 0 aromatic carbocycles. The Labute approximate surface area is 164 Å². The van der Waals surface area contributed by atoms with Gasteiger partial charge in [-0.3, -0.25) is 0 Å². The Bertz CT molecular complexity index is 621. The normalized spacial score (nSPS) is 24.1. The summed E-state index contributed by atoms with van der Waals surface area (Å²) in [7, 11) is 0. The highest BCUT2D eigenvalue weighted by atomic mass is 15.3. The average molecular weight is 372 g/mol. The molecule has 0 amide bonds. The number of aromatic nitrogens is 2. The summed E-state index contributed by atoms with van der Waals surface area (Å²) in [5.74, 6) is 2.86. The van der Waals surface area contributed by atoms with Crippen molar-refractivity contribution in [3.05, 3.63) is 11.3 Å². The number of nitrogens with one attached hydrogen (secondary N) is 1. The number of anilines is 2. The molecule has 0 spiro atoms. The van der Waals surface area contributed by atoms with Crippen LogP contribution in [-0.2, 0) is 12.8 Å². The molecule has 5 heteroatoms. The fourth-order valence-electron chi connectivity index (χ4n) is 5.06. The van der Waals surface area contributed by atoms with E-state index in [0.29, 0.717) is 6.04 Å². The number of rotatable bonds is 5. The SMILES string of the molecule is CC(C)CN1CCC[C@H](Nc2nc3c(c(N4CCCCCC4)n2)CCC3)C1. The summed E-state index contributed by atoms with van der Waals surface area (Å²) in [5.41, 5.74) is 2.74. The van der Waals surface area contributed by atoms with Crippen LogP contribution in [-0.4, -0.2) is 53.6 Å². The van der Waals surface area contributed by atoms with Crippen molar-refractivity contribution in [1.29, 1.82) is 0 Å². The molecule has 2 saturated heterocycles. The first-order chi connectivity index (χ1) is 13.2. The molecule has 0 radical (unpaired) electrons. The van der Waals surface area contributed by atoms with Gasteiger partial charge < -0.3 is 15.1 Å². The van der Waals surface area contributed by atoms with Crippen molar-refractivity contribution >= 4 is 11.8 Å². The van der Waals surface area contributed by atoms with E-state index in [0.717, 1.165) is 44.3 Å². The number of hydrogen-bond acceptors (Lipinski definition) is 5. The van der Waals surface area contributed by atoms with Gasteiger partial charge >= 0.3 is 0 Å². The molecule has 4 rings (SSSR count). The Morgan fingerprint density at radius 3 is 2.56 bits per heavy atom. The van der Waals surface area contributed by atoms with Crippen molar-refractivity contribution in [2.75, 3.05) is 42.9 Å². The first-order valence-corrected chi connectivity index (χ1v) is 11.3. The Hall–Kier alpha value is -1.36. The summed E-state index contributed by atoms with van der Waals surface area (Å²) in [5, 5.41) is 3.72. The first kappa shape index (κ1) is 19.0. The Morgan fingerprint density at radius 2 is 1.78 bits per heavy atom. The maximum Gasteiger partial charge on any atom is 0.225 e. The lowest BCUT2D eigenvalue weighted by Gasteiger charge is -2.34. The van der Waals surface area contributed by atoms with Gasteiger partial charge in [-0.25, -0.2) is 4.98 Å². The molecule has 150 valence electrons. The van der Waals surface area contributed by atoms with E-state index in [4.69, 9.17) is 9.97 Å². The summed E-state index contributed by atoms with van der Waals surface area (Å²) < 4.78 is 0. The van der Waals surface area contributed by atoms with E-state index in [2.05, 4.69) is 29.0 Å². The molecule has 3 aliphatic rings. The Kier molecular flexibility index (Phi) is 6.16. The number of hydrogen-bond donors (Lipinski definition) is 1. The second kappa shape index (κ2) is 8.76. The Balaban J connectivity index is 1.50. The van der Waals surface area contributed by atoms with E-state index in [1.165, 1.54) is 75.1 Å². The van der Waals surface area contributed by atoms with Crippen LogP contribution in [0.1, 0.15) is 70.1 Å². The molecule has 1 N–H and O–H groups in total. The predicted octanol–water partition coefficient (Wildman–Crippen LogP) is 3.88. The molecule has 1 aliphatic carbocycles. The molecule has 3 heterocycles. The van der Waals surface area contributed by atoms with Crippen molar-refractivity contribution in [3.63, 3.8) is 0 Å². The highest BCUT2D eigenvalue weighted by Gasteiger charge is 2.26. The third kappa shape index (κ3) is 4.74. The van der Waals surface area contributed by atoms with E-state index >= 15 is 0 Å². The van der Waals surface area contributed by atoms with Crippen LogP contribution >= 0.6 is 0 Å². The largest absolute Gasteiger partial charge is 0.356 e. The standard InChI is InChI=1S/C22H37N5/c1-17(2)15-26-12-8-9-18(16-26)23-22-24-20-11-7-10-19(20)21(25-22)27-13-5-3-4-6-14-27/h17-18H,3-16H2,1-2H3,(H,23,24,25)/t18-/m0/s1. The number of piperidine rings is 1. The quantitative estimate of drug-likeness (QED) is 0.851. The molecule has 1 aromatic rings. The summed E-state index contributed by atoms with van der Waals surface area (Å²) in [4.78, 5) is 15.2. The molecule has 1 aromatic heterocycles. The van der Waals surface area contributed by atoms with Crippen LogP contribution in [0.15, 0.2) is 0 Å². The average Bonchev–Trinajstić information content (AvgIpc) is 2.94. The molecule has 0 unspecified atom stereocenters. The molecule has 27 heavy (non-hydrogen) atoms. The predicted molar refractivity (Wildman–Crippen MR) is 113 cm³/mol. The monoisotopic (exact) mass is 371 g/mol. The minimum absolute atomic E-state index is 0.480. The minimum Gasteiger partial charge on any atom is -0.356 e. The molecule has 2 fully saturated rings. The lowest BCUT2D eigenvalue weighted by atomic mass is 10.0. The number of nitrogens with zero attached hydrogens (tertiary/aromatic N) is 4. The maximum atomic E-state index is 5.07. The zero-order valence-corrected chi connectivity index (χ0v) is 17.3. The summed E-state index contributed by atoms with van der Waals surface area (Å²) in [6.45, 7) is 10.5. The smallest absolute Gasteiger partial charge is 0.225 e. The van der Waals surface area contributed by atoms with Gasteiger partial charge in [0.05, 0.1) is 5.69 Å². The zero-order chi connectivity index (χ0) is 18.6. The van der Waals surface area contributed by atoms with Gasteiger partial charge in [0.2, 0.25) is 5.95 Å². The summed E-state index contributed by atoms with van der Waals surface area (Å²) in [6, 6.07) is 0.480. The molecule has 2 aliphatic heterocycles. The van der Waals surface area contributed by atoms with Crippen LogP contribution < -0.4 is 10.2 Å². The highest BCUT2D eigenvalue weighted by Crippen LogP contribution is 2.31. The topological polar surface area (TPSA) is 44.3 Å². The van der Waals surface area contributed by atoms with E-state index < -0.39 is 0 Å². The third-order valence-electron chi connectivity index (χ3n) is 6.28. The van der Waals surface area contributed by atoms with Gasteiger partial charge in [-0.15, -0.1) is 0 Å². The third-order valence-corrected chi connectivity index (χ3v) is 6.28. The van der Waals surface area contributed by atoms with Gasteiger partial charge in [0.1, 0.15) is 5.82 Å². The van der Waals surface area contributed by atoms with Crippen LogP contribution in [0.5, 0.6) is 0 Å². The van der Waals surface area contributed by atoms with Gasteiger partial charge in [-0.2, -0.15) is 4.98 Å². The van der Waals surface area contributed by atoms with Crippen molar-refractivity contribution in [1.82, 2.24) is 14.9 Å². The maximum absolute atomic E-state index is 5.07. The van der Waals surface area contributed by atoms with Crippen LogP contribution in [0, 0.1) is 5.92 Å². The van der Waals surface area contributed by atoms with Crippen molar-refractivity contribution < 1.29 is 0 Å². The molecule has 1 atom stereocenters. The van der Waals surface area contributed by atoms with E-state index in [9.17, 15) is 0 Å². The van der Waals surface area contributed by atoms with Gasteiger partial charge in [0.25, 0.3) is 0 Å². The fraction of sp³-hybridized carbons (Fsp3) is 0.818. The Morgan fingerprint density at radius 1 is 0.963 bits per heavy atom. The number of likely N-dealkylation sites (tertiary alicyclic amines) is 1. The molecule has 5 nitrogen and oxygen atoms in total. The second-order valence-electron chi connectivity index (χ2n) is 9.19. The van der Waals surface area contributed by atoms with Crippen LogP contribution in [0.25, 0.3) is 0 Å². The van der Waals surface area contributed by atoms with Crippen molar-refractivity contribution in [2.24, 2.45) is 5.92 Å². The molecular weight excluding hydrogens is 334 g/mol. The van der Waals surface area contributed by atoms with Crippen LogP contribution in [0.3, 0.4) is 0 Å². The fourth-order valence-corrected chi connectivity index (χ4v) is 5.06. The van der Waals surface area contributed by atoms with Gasteiger partial charge in [-0.1, -0.05) is 26.7 Å². The molecule has 0 saturated carbocycles. The van der Waals surface area contributed by atoms with Crippen molar-refractivity contribution in [3.8, 4) is 0 Å². The molecular formula is C22H37N5. The number of aryl methyl sites for hydroxylation is 1. The minimum atomic E-state index is 0.480. The van der Waals surface area contributed by atoms with E-state index in [1.54, 1.807) is 0 Å².